The van der Waals surface area contributed by atoms with E-state index in [-0.39, 0.29) is 5.91 Å². The minimum Gasteiger partial charge on any atom is -0.497 e. The third-order valence-corrected chi connectivity index (χ3v) is 6.66. The Labute approximate surface area is 190 Å². The van der Waals surface area contributed by atoms with Crippen molar-refractivity contribution in [1.29, 1.82) is 0 Å². The largest absolute Gasteiger partial charge is 0.497 e. The minimum atomic E-state index is 0.0997. The number of benzene rings is 2. The van der Waals surface area contributed by atoms with Crippen LogP contribution in [0, 0.1) is 5.92 Å². The van der Waals surface area contributed by atoms with Gasteiger partial charge >= 0.3 is 0 Å². The molecular weight excluding hydrogens is 408 g/mol. The third kappa shape index (κ3) is 7.18. The molecule has 6 heteroatoms. The van der Waals surface area contributed by atoms with Gasteiger partial charge in [-0.05, 0) is 67.8 Å². The first kappa shape index (κ1) is 23.5. The SMILES string of the molecule is COc1ccc(CNC(=O)CC[C@@H]2CCCN(Cc3ccc(SC)cc3)C2)c(OC)c1. The van der Waals surface area contributed by atoms with Gasteiger partial charge in [0.05, 0.1) is 14.2 Å². The summed E-state index contributed by atoms with van der Waals surface area (Å²) in [7, 11) is 3.26. The van der Waals surface area contributed by atoms with Crippen LogP contribution in [0.3, 0.4) is 0 Å². The molecule has 1 fully saturated rings. The van der Waals surface area contributed by atoms with Crippen molar-refractivity contribution in [2.45, 2.75) is 43.7 Å². The molecule has 168 valence electrons. The number of amides is 1. The second-order valence-corrected chi connectivity index (χ2v) is 8.96. The van der Waals surface area contributed by atoms with Gasteiger partial charge in [0.25, 0.3) is 0 Å². The lowest BCUT2D eigenvalue weighted by Crippen LogP contribution is -2.35. The first-order valence-corrected chi connectivity index (χ1v) is 12.2. The summed E-state index contributed by atoms with van der Waals surface area (Å²) >= 11 is 1.78. The molecule has 0 aromatic heterocycles. The summed E-state index contributed by atoms with van der Waals surface area (Å²) < 4.78 is 10.6. The van der Waals surface area contributed by atoms with E-state index in [1.165, 1.54) is 23.3 Å². The molecule has 1 N–H and O–H groups in total. The molecule has 0 bridgehead atoms. The van der Waals surface area contributed by atoms with Gasteiger partial charge in [-0.1, -0.05) is 12.1 Å². The summed E-state index contributed by atoms with van der Waals surface area (Å²) in [5.41, 5.74) is 2.32. The smallest absolute Gasteiger partial charge is 0.220 e. The van der Waals surface area contributed by atoms with Crippen molar-refractivity contribution in [1.82, 2.24) is 10.2 Å². The van der Waals surface area contributed by atoms with Gasteiger partial charge in [0.1, 0.15) is 11.5 Å². The molecule has 2 aromatic rings. The Kier molecular flexibility index (Phi) is 9.10. The van der Waals surface area contributed by atoms with Crippen molar-refractivity contribution >= 4 is 17.7 Å². The van der Waals surface area contributed by atoms with Crippen molar-refractivity contribution in [2.24, 2.45) is 5.92 Å². The fourth-order valence-electron chi connectivity index (χ4n) is 4.13. The monoisotopic (exact) mass is 442 g/mol. The Morgan fingerprint density at radius 1 is 1.16 bits per heavy atom. The molecule has 0 spiro atoms. The molecule has 0 aliphatic carbocycles. The van der Waals surface area contributed by atoms with E-state index in [1.54, 1.807) is 26.0 Å². The van der Waals surface area contributed by atoms with Crippen LogP contribution in [-0.2, 0) is 17.9 Å². The molecule has 1 heterocycles. The van der Waals surface area contributed by atoms with Crippen LogP contribution in [0.5, 0.6) is 11.5 Å². The fourth-order valence-corrected chi connectivity index (χ4v) is 4.54. The number of thioether (sulfide) groups is 1. The third-order valence-electron chi connectivity index (χ3n) is 5.92. The summed E-state index contributed by atoms with van der Waals surface area (Å²) in [6.45, 7) is 3.68. The maximum Gasteiger partial charge on any atom is 0.220 e. The summed E-state index contributed by atoms with van der Waals surface area (Å²) in [6.07, 6.45) is 6.03. The van der Waals surface area contributed by atoms with E-state index < -0.39 is 0 Å². The summed E-state index contributed by atoms with van der Waals surface area (Å²) in [5, 5.41) is 3.04. The van der Waals surface area contributed by atoms with E-state index in [0.717, 1.165) is 43.1 Å². The number of hydrogen-bond acceptors (Lipinski definition) is 5. The standard InChI is InChI=1S/C25H34N2O3S/c1-29-22-10-9-21(24(15-22)30-2)16-26-25(28)13-8-19-5-4-14-27(17-19)18-20-6-11-23(31-3)12-7-20/h6-7,9-12,15,19H,4-5,8,13-14,16-18H2,1-3H3,(H,26,28)/t19-/m0/s1. The molecule has 0 saturated carbocycles. The lowest BCUT2D eigenvalue weighted by molar-refractivity contribution is -0.121. The zero-order chi connectivity index (χ0) is 22.1. The molecule has 31 heavy (non-hydrogen) atoms. The molecule has 2 aromatic carbocycles. The normalized spacial score (nSPS) is 16.7. The Morgan fingerprint density at radius 3 is 2.68 bits per heavy atom. The van der Waals surface area contributed by atoms with E-state index in [9.17, 15) is 4.79 Å². The van der Waals surface area contributed by atoms with E-state index >= 15 is 0 Å². The number of ether oxygens (including phenoxy) is 2. The van der Waals surface area contributed by atoms with Gasteiger partial charge in [-0.25, -0.2) is 0 Å². The minimum absolute atomic E-state index is 0.0997. The Bertz CT molecular complexity index is 841. The number of carbonyl (C=O) groups is 1. The second kappa shape index (κ2) is 12.0. The van der Waals surface area contributed by atoms with Crippen molar-refractivity contribution in [2.75, 3.05) is 33.6 Å². The van der Waals surface area contributed by atoms with Gasteiger partial charge in [0, 0.05) is 42.6 Å². The Morgan fingerprint density at radius 2 is 1.97 bits per heavy atom. The summed E-state index contributed by atoms with van der Waals surface area (Å²) in [5.74, 6) is 2.16. The zero-order valence-electron chi connectivity index (χ0n) is 18.9. The number of likely N-dealkylation sites (tertiary alicyclic amines) is 1. The molecule has 0 unspecified atom stereocenters. The second-order valence-electron chi connectivity index (χ2n) is 8.08. The van der Waals surface area contributed by atoms with Gasteiger partial charge < -0.3 is 14.8 Å². The van der Waals surface area contributed by atoms with Crippen molar-refractivity contribution < 1.29 is 14.3 Å². The highest BCUT2D eigenvalue weighted by molar-refractivity contribution is 7.98. The predicted molar refractivity (Wildman–Crippen MR) is 127 cm³/mol. The van der Waals surface area contributed by atoms with Crippen LogP contribution < -0.4 is 14.8 Å². The molecule has 1 aliphatic heterocycles. The highest BCUT2D eigenvalue weighted by Gasteiger charge is 2.21. The molecule has 1 atom stereocenters. The lowest BCUT2D eigenvalue weighted by atomic mass is 9.93. The highest BCUT2D eigenvalue weighted by Crippen LogP contribution is 2.25. The van der Waals surface area contributed by atoms with Crippen LogP contribution in [-0.4, -0.2) is 44.4 Å². The average molecular weight is 443 g/mol. The lowest BCUT2D eigenvalue weighted by Gasteiger charge is -2.32. The van der Waals surface area contributed by atoms with E-state index in [0.29, 0.717) is 18.9 Å². The Hall–Kier alpha value is -2.18. The number of rotatable bonds is 10. The fraction of sp³-hybridized carbons (Fsp3) is 0.480. The van der Waals surface area contributed by atoms with Crippen LogP contribution in [0.15, 0.2) is 47.4 Å². The van der Waals surface area contributed by atoms with E-state index in [4.69, 9.17) is 9.47 Å². The average Bonchev–Trinajstić information content (AvgIpc) is 2.82. The zero-order valence-corrected chi connectivity index (χ0v) is 19.7. The maximum absolute atomic E-state index is 12.4. The summed E-state index contributed by atoms with van der Waals surface area (Å²) in [6, 6.07) is 14.5. The van der Waals surface area contributed by atoms with Crippen LogP contribution in [0.25, 0.3) is 0 Å². The molecule has 3 rings (SSSR count). The van der Waals surface area contributed by atoms with E-state index in [1.807, 2.05) is 18.2 Å². The van der Waals surface area contributed by atoms with Crippen LogP contribution in [0.2, 0.25) is 0 Å². The summed E-state index contributed by atoms with van der Waals surface area (Å²) in [4.78, 5) is 16.3. The van der Waals surface area contributed by atoms with Gasteiger partial charge in [0.15, 0.2) is 0 Å². The van der Waals surface area contributed by atoms with Gasteiger partial charge in [-0.2, -0.15) is 0 Å². The number of hydrogen-bond donors (Lipinski definition) is 1. The van der Waals surface area contributed by atoms with Crippen molar-refractivity contribution in [3.63, 3.8) is 0 Å². The van der Waals surface area contributed by atoms with Gasteiger partial charge in [-0.3, -0.25) is 9.69 Å². The Balaban J connectivity index is 1.42. The van der Waals surface area contributed by atoms with E-state index in [2.05, 4.69) is 40.7 Å². The van der Waals surface area contributed by atoms with Gasteiger partial charge in [0.2, 0.25) is 5.91 Å². The number of nitrogens with zero attached hydrogens (tertiary/aromatic N) is 1. The molecule has 0 radical (unpaired) electrons. The molecule has 5 nitrogen and oxygen atoms in total. The van der Waals surface area contributed by atoms with Crippen molar-refractivity contribution in [3.8, 4) is 11.5 Å². The first-order valence-electron chi connectivity index (χ1n) is 10.9. The number of piperidine rings is 1. The highest BCUT2D eigenvalue weighted by atomic mass is 32.2. The van der Waals surface area contributed by atoms with Gasteiger partial charge in [-0.15, -0.1) is 11.8 Å². The van der Waals surface area contributed by atoms with Crippen LogP contribution in [0.4, 0.5) is 0 Å². The number of nitrogens with one attached hydrogen (secondary N) is 1. The van der Waals surface area contributed by atoms with Crippen LogP contribution >= 0.6 is 11.8 Å². The number of carbonyl (C=O) groups excluding carboxylic acids is 1. The molecule has 1 amide bonds. The maximum atomic E-state index is 12.4. The molecular formula is C25H34N2O3S. The van der Waals surface area contributed by atoms with Crippen LogP contribution in [0.1, 0.15) is 36.8 Å². The number of methoxy groups -OCH3 is 2. The molecule has 1 saturated heterocycles. The first-order chi connectivity index (χ1) is 15.1. The predicted octanol–water partition coefficient (Wildman–Crippen LogP) is 4.73. The molecule has 1 aliphatic rings. The van der Waals surface area contributed by atoms with Crippen molar-refractivity contribution in [3.05, 3.63) is 53.6 Å². The topological polar surface area (TPSA) is 50.8 Å². The quantitative estimate of drug-likeness (QED) is 0.539.